The maximum Gasteiger partial charge on any atom is 0.384 e. The summed E-state index contributed by atoms with van der Waals surface area (Å²) in [7, 11) is 1.27. The quantitative estimate of drug-likeness (QED) is 0.610. The number of nitriles is 1. The molecule has 0 saturated carbocycles. The Morgan fingerprint density at radius 1 is 1.40 bits per heavy atom. The fraction of sp³-hybridized carbons (Fsp3) is 0.0714. The van der Waals surface area contributed by atoms with E-state index in [-0.39, 0.29) is 5.82 Å². The van der Waals surface area contributed by atoms with Crippen molar-refractivity contribution < 1.29 is 9.53 Å². The first-order valence-electron chi connectivity index (χ1n) is 5.59. The van der Waals surface area contributed by atoms with Crippen molar-refractivity contribution in [2.24, 2.45) is 0 Å². The molecule has 0 spiro atoms. The smallest absolute Gasteiger partial charge is 0.384 e. The minimum Gasteiger partial charge on any atom is -0.459 e. The molecule has 0 fully saturated rings. The van der Waals surface area contributed by atoms with Crippen LogP contribution in [0.25, 0.3) is 5.69 Å². The lowest BCUT2D eigenvalue weighted by Gasteiger charge is -2.03. The Morgan fingerprint density at radius 2 is 2.10 bits per heavy atom. The van der Waals surface area contributed by atoms with Crippen molar-refractivity contribution in [3.05, 3.63) is 41.6 Å². The highest BCUT2D eigenvalue weighted by Crippen LogP contribution is 2.16. The number of ether oxygens (including phenoxy) is 1. The zero-order valence-corrected chi connectivity index (χ0v) is 10.6. The number of benzene rings is 1. The average Bonchev–Trinajstić information content (AvgIpc) is 2.86. The molecule has 0 aliphatic carbocycles. The van der Waals surface area contributed by atoms with Gasteiger partial charge in [-0.15, -0.1) is 0 Å². The maximum absolute atomic E-state index is 10.9. The highest BCUT2D eigenvalue weighted by atomic mass is 16.5. The standard InChI is InChI=1S/C14H10N4O2/c1-20-13(19)7-4-10-2-5-12(6-3-10)18-14(16)11(8-15)9-17-18/h2-3,5-6,9H,16H2,1H3. The van der Waals surface area contributed by atoms with Gasteiger partial charge in [0.2, 0.25) is 0 Å². The van der Waals surface area contributed by atoms with Crippen LogP contribution in [0.1, 0.15) is 11.1 Å². The van der Waals surface area contributed by atoms with Gasteiger partial charge in [0.25, 0.3) is 0 Å². The zero-order valence-electron chi connectivity index (χ0n) is 10.6. The second-order valence-corrected chi connectivity index (χ2v) is 3.76. The third kappa shape index (κ3) is 2.60. The number of methoxy groups -OCH3 is 1. The first-order valence-corrected chi connectivity index (χ1v) is 5.59. The number of nitrogens with two attached hydrogens (primary N) is 1. The number of carbonyl (C=O) groups is 1. The van der Waals surface area contributed by atoms with E-state index in [0.29, 0.717) is 16.8 Å². The van der Waals surface area contributed by atoms with Crippen LogP contribution in [0.2, 0.25) is 0 Å². The van der Waals surface area contributed by atoms with Crippen LogP contribution in [0.3, 0.4) is 0 Å². The van der Waals surface area contributed by atoms with Crippen LogP contribution in [0, 0.1) is 23.2 Å². The third-order valence-electron chi connectivity index (χ3n) is 2.53. The minimum absolute atomic E-state index is 0.279. The van der Waals surface area contributed by atoms with Gasteiger partial charge in [0.15, 0.2) is 0 Å². The van der Waals surface area contributed by atoms with E-state index in [1.807, 2.05) is 6.07 Å². The predicted molar refractivity (Wildman–Crippen MR) is 71.6 cm³/mol. The normalized spacial score (nSPS) is 9.20. The fourth-order valence-electron chi connectivity index (χ4n) is 1.51. The number of esters is 1. The lowest BCUT2D eigenvalue weighted by Crippen LogP contribution is -2.02. The lowest BCUT2D eigenvalue weighted by molar-refractivity contribution is -0.133. The van der Waals surface area contributed by atoms with Crippen LogP contribution in [-0.4, -0.2) is 22.9 Å². The number of anilines is 1. The number of hydrogen-bond acceptors (Lipinski definition) is 5. The van der Waals surface area contributed by atoms with Crippen LogP contribution in [0.5, 0.6) is 0 Å². The number of carbonyl (C=O) groups excluding carboxylic acids is 1. The zero-order chi connectivity index (χ0) is 14.5. The van der Waals surface area contributed by atoms with E-state index >= 15 is 0 Å². The number of nitrogens with zero attached hydrogens (tertiary/aromatic N) is 3. The Balaban J connectivity index is 2.28. The number of hydrogen-bond donors (Lipinski definition) is 1. The molecule has 0 unspecified atom stereocenters. The maximum atomic E-state index is 10.9. The van der Waals surface area contributed by atoms with E-state index in [4.69, 9.17) is 11.0 Å². The molecule has 0 radical (unpaired) electrons. The predicted octanol–water partition coefficient (Wildman–Crippen LogP) is 0.851. The van der Waals surface area contributed by atoms with Crippen LogP contribution in [-0.2, 0) is 9.53 Å². The van der Waals surface area contributed by atoms with E-state index in [1.165, 1.54) is 18.0 Å². The van der Waals surface area contributed by atoms with Crippen LogP contribution < -0.4 is 5.73 Å². The van der Waals surface area contributed by atoms with Gasteiger partial charge in [-0.1, -0.05) is 5.92 Å². The molecular weight excluding hydrogens is 256 g/mol. The summed E-state index contributed by atoms with van der Waals surface area (Å²) in [5.74, 6) is 4.68. The van der Waals surface area contributed by atoms with Crippen molar-refractivity contribution in [3.63, 3.8) is 0 Å². The molecule has 6 nitrogen and oxygen atoms in total. The second kappa shape index (κ2) is 5.59. The molecule has 0 saturated heterocycles. The van der Waals surface area contributed by atoms with Gasteiger partial charge in [0.05, 0.1) is 19.0 Å². The summed E-state index contributed by atoms with van der Waals surface area (Å²) in [5.41, 5.74) is 7.47. The van der Waals surface area contributed by atoms with Crippen molar-refractivity contribution in [3.8, 4) is 23.6 Å². The molecular formula is C14H10N4O2. The fourth-order valence-corrected chi connectivity index (χ4v) is 1.51. The van der Waals surface area contributed by atoms with Crippen molar-refractivity contribution in [1.29, 1.82) is 5.26 Å². The van der Waals surface area contributed by atoms with Crippen LogP contribution in [0.4, 0.5) is 5.82 Å². The molecule has 0 aliphatic rings. The lowest BCUT2D eigenvalue weighted by atomic mass is 10.2. The Labute approximate surface area is 115 Å². The van der Waals surface area contributed by atoms with Crippen molar-refractivity contribution in [2.75, 3.05) is 12.8 Å². The summed E-state index contributed by atoms with van der Waals surface area (Å²) in [4.78, 5) is 10.9. The highest BCUT2D eigenvalue weighted by molar-refractivity contribution is 5.89. The largest absolute Gasteiger partial charge is 0.459 e. The molecule has 1 aromatic carbocycles. The Bertz CT molecular complexity index is 742. The summed E-state index contributed by atoms with van der Waals surface area (Å²) in [6.07, 6.45) is 1.40. The third-order valence-corrected chi connectivity index (χ3v) is 2.53. The molecule has 20 heavy (non-hydrogen) atoms. The van der Waals surface area contributed by atoms with Crippen molar-refractivity contribution in [2.45, 2.75) is 0 Å². The van der Waals surface area contributed by atoms with Gasteiger partial charge < -0.3 is 10.5 Å². The molecule has 2 rings (SSSR count). The van der Waals surface area contributed by atoms with Crippen molar-refractivity contribution >= 4 is 11.8 Å². The van der Waals surface area contributed by atoms with Gasteiger partial charge in [-0.25, -0.2) is 9.48 Å². The number of aromatic nitrogens is 2. The van der Waals surface area contributed by atoms with Gasteiger partial charge in [0, 0.05) is 11.5 Å². The van der Waals surface area contributed by atoms with Crippen molar-refractivity contribution in [1.82, 2.24) is 9.78 Å². The second-order valence-electron chi connectivity index (χ2n) is 3.76. The van der Waals surface area contributed by atoms with E-state index in [9.17, 15) is 4.79 Å². The van der Waals surface area contributed by atoms with Crippen LogP contribution >= 0.6 is 0 Å². The number of nitrogen functional groups attached to an aromatic ring is 1. The average molecular weight is 266 g/mol. The molecule has 0 atom stereocenters. The molecule has 1 heterocycles. The summed E-state index contributed by atoms with van der Waals surface area (Å²) in [6, 6.07) is 8.88. The van der Waals surface area contributed by atoms with E-state index < -0.39 is 5.97 Å². The Kier molecular flexibility index (Phi) is 3.69. The van der Waals surface area contributed by atoms with E-state index in [1.54, 1.807) is 24.3 Å². The Hall–Kier alpha value is -3.25. The van der Waals surface area contributed by atoms with Gasteiger partial charge in [-0.3, -0.25) is 0 Å². The molecule has 2 N–H and O–H groups in total. The monoisotopic (exact) mass is 266 g/mol. The van der Waals surface area contributed by atoms with Gasteiger partial charge in [-0.05, 0) is 24.3 Å². The van der Waals surface area contributed by atoms with E-state index in [0.717, 1.165) is 0 Å². The van der Waals surface area contributed by atoms with E-state index in [2.05, 4.69) is 21.7 Å². The first kappa shape index (κ1) is 13.2. The minimum atomic E-state index is -0.593. The molecule has 0 amide bonds. The molecule has 1 aromatic heterocycles. The molecule has 98 valence electrons. The summed E-state index contributed by atoms with van der Waals surface area (Å²) < 4.78 is 5.88. The molecule has 0 bridgehead atoms. The van der Waals surface area contributed by atoms with Gasteiger partial charge in [-0.2, -0.15) is 10.4 Å². The topological polar surface area (TPSA) is 93.9 Å². The Morgan fingerprint density at radius 3 is 2.65 bits per heavy atom. The number of rotatable bonds is 1. The SMILES string of the molecule is COC(=O)C#Cc1ccc(-n2ncc(C#N)c2N)cc1. The highest BCUT2D eigenvalue weighted by Gasteiger charge is 2.07. The van der Waals surface area contributed by atoms with Gasteiger partial charge in [0.1, 0.15) is 17.5 Å². The summed E-state index contributed by atoms with van der Waals surface area (Å²) >= 11 is 0. The molecule has 0 aliphatic heterocycles. The summed E-state index contributed by atoms with van der Waals surface area (Å²) in [6.45, 7) is 0. The van der Waals surface area contributed by atoms with Crippen LogP contribution in [0.15, 0.2) is 30.5 Å². The molecule has 2 aromatic rings. The molecule has 6 heteroatoms. The summed E-state index contributed by atoms with van der Waals surface area (Å²) in [5, 5.41) is 12.9. The van der Waals surface area contributed by atoms with Gasteiger partial charge >= 0.3 is 5.97 Å². The first-order chi connectivity index (χ1) is 9.65.